The van der Waals surface area contributed by atoms with Crippen LogP contribution in [-0.4, -0.2) is 56.8 Å². The Morgan fingerprint density at radius 3 is 2.58 bits per heavy atom. The molecule has 0 amide bonds. The van der Waals surface area contributed by atoms with Gasteiger partial charge in [-0.25, -0.2) is 14.6 Å². The summed E-state index contributed by atoms with van der Waals surface area (Å²) in [6.45, 7) is 0. The number of phenolic OH excluding ortho intramolecular Hbond substituents is 1. The number of ether oxygens (including phenoxy) is 1. The van der Waals surface area contributed by atoms with Crippen LogP contribution in [0.2, 0.25) is 0 Å². The lowest BCUT2D eigenvalue weighted by molar-refractivity contribution is 0.310. The highest BCUT2D eigenvalue weighted by atomic mass is 32.2. The van der Waals surface area contributed by atoms with E-state index in [0.29, 0.717) is 34.0 Å². The van der Waals surface area contributed by atoms with E-state index in [1.807, 2.05) is 0 Å². The fraction of sp³-hybridized carbons (Fsp3) is 0.0909. The van der Waals surface area contributed by atoms with E-state index < -0.39 is 10.2 Å². The zero-order chi connectivity index (χ0) is 25.4. The fourth-order valence-corrected chi connectivity index (χ4v) is 3.98. The summed E-state index contributed by atoms with van der Waals surface area (Å²) in [5.74, 6) is 1.11. The number of nitrogens with two attached hydrogens (primary N) is 1. The second-order valence-corrected chi connectivity index (χ2v) is 9.70. The third kappa shape index (κ3) is 4.37. The lowest BCUT2D eigenvalue weighted by atomic mass is 10.2. The van der Waals surface area contributed by atoms with Gasteiger partial charge >= 0.3 is 10.2 Å². The van der Waals surface area contributed by atoms with Gasteiger partial charge in [-0.05, 0) is 46.7 Å². The topological polar surface area (TPSA) is 175 Å². The molecule has 0 bridgehead atoms. The lowest BCUT2D eigenvalue weighted by Crippen LogP contribution is -2.28. The summed E-state index contributed by atoms with van der Waals surface area (Å²) >= 11 is 0. The number of nitrogens with one attached hydrogen (secondary N) is 1. The van der Waals surface area contributed by atoms with Crippen molar-refractivity contribution in [1.82, 2.24) is 29.2 Å². The van der Waals surface area contributed by atoms with Gasteiger partial charge in [-0.1, -0.05) is 6.07 Å². The number of aromatic nitrogens is 5. The summed E-state index contributed by atoms with van der Waals surface area (Å²) in [4.78, 5) is 8.92. The molecule has 5 aromatic rings. The highest BCUT2D eigenvalue weighted by Gasteiger charge is 2.21. The van der Waals surface area contributed by atoms with E-state index in [1.54, 1.807) is 41.0 Å². The number of anilines is 2. The Morgan fingerprint density at radius 2 is 1.89 bits per heavy atom. The van der Waals surface area contributed by atoms with Gasteiger partial charge in [0.05, 0.1) is 17.4 Å². The van der Waals surface area contributed by atoms with Gasteiger partial charge in [0.1, 0.15) is 17.0 Å². The summed E-state index contributed by atoms with van der Waals surface area (Å²) in [6.07, 6.45) is 1.52. The molecule has 0 fully saturated rings. The molecule has 184 valence electrons. The molecule has 14 heteroatoms. The first-order valence-corrected chi connectivity index (χ1v) is 11.9. The average molecular weight is 509 g/mol. The zero-order valence-electron chi connectivity index (χ0n) is 19.0. The fourth-order valence-electron chi connectivity index (χ4n) is 3.37. The highest BCUT2D eigenvalue weighted by Crippen LogP contribution is 2.33. The minimum atomic E-state index is -3.68. The van der Waals surface area contributed by atoms with E-state index in [0.717, 1.165) is 4.31 Å². The predicted molar refractivity (Wildman–Crippen MR) is 131 cm³/mol. The molecule has 36 heavy (non-hydrogen) atoms. The summed E-state index contributed by atoms with van der Waals surface area (Å²) in [5.41, 5.74) is 8.26. The number of rotatable bonds is 7. The number of imidazole rings is 1. The Balaban J connectivity index is 1.56. The molecule has 3 aromatic heterocycles. The number of pyridine rings is 1. The number of hydrogen-bond acceptors (Lipinski definition) is 10. The average Bonchev–Trinajstić information content (AvgIpc) is 3.42. The van der Waals surface area contributed by atoms with Crippen LogP contribution in [0.15, 0.2) is 65.4 Å². The van der Waals surface area contributed by atoms with Crippen LogP contribution >= 0.6 is 0 Å². The third-order valence-electron chi connectivity index (χ3n) is 5.13. The van der Waals surface area contributed by atoms with Crippen molar-refractivity contribution in [2.45, 2.75) is 0 Å². The van der Waals surface area contributed by atoms with Crippen LogP contribution in [0.4, 0.5) is 11.5 Å². The molecule has 4 N–H and O–H groups in total. The van der Waals surface area contributed by atoms with Gasteiger partial charge in [-0.2, -0.15) is 12.7 Å². The van der Waals surface area contributed by atoms with Gasteiger partial charge in [-0.3, -0.25) is 9.29 Å². The van der Waals surface area contributed by atoms with Gasteiger partial charge in [0.15, 0.2) is 17.3 Å². The van der Waals surface area contributed by atoms with Crippen molar-refractivity contribution in [2.75, 3.05) is 24.6 Å². The van der Waals surface area contributed by atoms with Crippen LogP contribution in [0.5, 0.6) is 17.4 Å². The van der Waals surface area contributed by atoms with E-state index in [4.69, 9.17) is 15.1 Å². The first-order chi connectivity index (χ1) is 17.2. The Kier molecular flexibility index (Phi) is 5.66. The van der Waals surface area contributed by atoms with Gasteiger partial charge in [0.2, 0.25) is 5.88 Å². The van der Waals surface area contributed by atoms with Crippen LogP contribution in [-0.2, 0) is 10.2 Å². The van der Waals surface area contributed by atoms with Crippen molar-refractivity contribution in [3.63, 3.8) is 0 Å². The van der Waals surface area contributed by atoms with Crippen molar-refractivity contribution < 1.29 is 22.9 Å². The first-order valence-electron chi connectivity index (χ1n) is 10.5. The molecule has 2 aromatic carbocycles. The van der Waals surface area contributed by atoms with Gasteiger partial charge < -0.3 is 15.6 Å². The monoisotopic (exact) mass is 508 g/mol. The molecule has 0 saturated carbocycles. The molecule has 13 nitrogen and oxygen atoms in total. The maximum atomic E-state index is 12.1. The summed E-state index contributed by atoms with van der Waals surface area (Å²) < 4.78 is 40.2. The van der Waals surface area contributed by atoms with Crippen molar-refractivity contribution in [3.05, 3.63) is 60.8 Å². The predicted octanol–water partition coefficient (Wildman–Crippen LogP) is 2.77. The molecular weight excluding hydrogens is 488 g/mol. The van der Waals surface area contributed by atoms with Crippen LogP contribution in [0.25, 0.3) is 28.2 Å². The molecule has 0 radical (unpaired) electrons. The van der Waals surface area contributed by atoms with E-state index in [1.165, 1.54) is 38.5 Å². The standard InChI is InChI=1S/C22H20N8O5S/c1-29(2)36(32,33)28-13-4-3-5-16(10-13)34-19-11-18-17(12-24-19)25-22(20-21(23)27-35-26-20)30(18)14-6-8-15(31)9-7-14/h3-12,28,31H,1-2H3,(H2,23,27). The quantitative estimate of drug-likeness (QED) is 0.296. The molecular formula is C22H20N8O5S. The Hall–Kier alpha value is -4.69. The van der Waals surface area contributed by atoms with Crippen LogP contribution in [0.3, 0.4) is 0 Å². The molecule has 0 atom stereocenters. The van der Waals surface area contributed by atoms with E-state index in [9.17, 15) is 13.5 Å². The zero-order valence-corrected chi connectivity index (χ0v) is 19.8. The Labute approximate surface area is 204 Å². The van der Waals surface area contributed by atoms with Gasteiger partial charge in [0.25, 0.3) is 0 Å². The molecule has 0 spiro atoms. The number of nitrogens with zero attached hydrogens (tertiary/aromatic N) is 6. The Bertz CT molecular complexity index is 1660. The van der Waals surface area contributed by atoms with Crippen molar-refractivity contribution >= 4 is 32.7 Å². The van der Waals surface area contributed by atoms with Gasteiger partial charge in [-0.15, -0.1) is 0 Å². The first kappa shape index (κ1) is 23.1. The molecule has 0 aliphatic heterocycles. The van der Waals surface area contributed by atoms with Crippen LogP contribution < -0.4 is 15.2 Å². The van der Waals surface area contributed by atoms with Crippen molar-refractivity contribution in [2.24, 2.45) is 0 Å². The largest absolute Gasteiger partial charge is 0.508 e. The maximum Gasteiger partial charge on any atom is 0.301 e. The minimum Gasteiger partial charge on any atom is -0.508 e. The van der Waals surface area contributed by atoms with E-state index in [-0.39, 0.29) is 23.1 Å². The smallest absolute Gasteiger partial charge is 0.301 e. The van der Waals surface area contributed by atoms with Gasteiger partial charge in [0, 0.05) is 31.9 Å². The summed E-state index contributed by atoms with van der Waals surface area (Å²) in [7, 11) is -0.824. The minimum absolute atomic E-state index is 0.0618. The maximum absolute atomic E-state index is 12.1. The number of nitrogen functional groups attached to an aromatic ring is 1. The second-order valence-electron chi connectivity index (χ2n) is 7.82. The molecule has 0 aliphatic carbocycles. The lowest BCUT2D eigenvalue weighted by Gasteiger charge is -2.14. The van der Waals surface area contributed by atoms with E-state index in [2.05, 4.69) is 25.0 Å². The summed E-state index contributed by atoms with van der Waals surface area (Å²) in [5, 5.41) is 17.2. The molecule has 3 heterocycles. The van der Waals surface area contributed by atoms with E-state index >= 15 is 0 Å². The molecule has 0 saturated heterocycles. The molecule has 0 aliphatic rings. The third-order valence-corrected chi connectivity index (χ3v) is 6.59. The second kappa shape index (κ2) is 8.83. The number of aromatic hydroxyl groups is 1. The molecule has 5 rings (SSSR count). The number of phenols is 1. The van der Waals surface area contributed by atoms with Crippen molar-refractivity contribution in [1.29, 1.82) is 0 Å². The van der Waals surface area contributed by atoms with Crippen LogP contribution in [0, 0.1) is 0 Å². The van der Waals surface area contributed by atoms with Crippen LogP contribution in [0.1, 0.15) is 0 Å². The van der Waals surface area contributed by atoms with Crippen molar-refractivity contribution in [3.8, 4) is 34.6 Å². The Morgan fingerprint density at radius 1 is 1.11 bits per heavy atom. The summed E-state index contributed by atoms with van der Waals surface area (Å²) in [6, 6.07) is 14.6. The number of hydrogen-bond donors (Lipinski definition) is 3. The number of fused-ring (bicyclic) bond motifs is 1. The normalized spacial score (nSPS) is 11.8. The molecule has 0 unspecified atom stereocenters. The highest BCUT2D eigenvalue weighted by molar-refractivity contribution is 7.90. The number of benzene rings is 2. The SMILES string of the molecule is CN(C)S(=O)(=O)Nc1cccc(Oc2cc3c(cn2)nc(-c2nonc2N)n3-c2ccc(O)cc2)c1.